The van der Waals surface area contributed by atoms with Crippen LogP contribution in [0.15, 0.2) is 102 Å². The molecular weight excluding hydrogens is 717 g/mol. The van der Waals surface area contributed by atoms with Crippen molar-refractivity contribution in [3.63, 3.8) is 0 Å². The van der Waals surface area contributed by atoms with E-state index in [0.29, 0.717) is 5.92 Å². The van der Waals surface area contributed by atoms with E-state index in [1.807, 2.05) is 54.7 Å². The van der Waals surface area contributed by atoms with Gasteiger partial charge >= 0.3 is 158 Å². The van der Waals surface area contributed by atoms with Crippen LogP contribution in [-0.2, 0) is 20.1 Å². The summed E-state index contributed by atoms with van der Waals surface area (Å²) in [6.45, 7) is 4.40. The zero-order chi connectivity index (χ0) is 26.7. The Kier molecular flexibility index (Phi) is 9.22. The van der Waals surface area contributed by atoms with Crippen molar-refractivity contribution >= 4 is 39.6 Å². The second kappa shape index (κ2) is 12.4. The number of rotatable bonds is 4. The summed E-state index contributed by atoms with van der Waals surface area (Å²) in [4.78, 5) is 8.80. The Balaban J connectivity index is 0.000000228. The van der Waals surface area contributed by atoms with Crippen LogP contribution in [0.5, 0.6) is 0 Å². The van der Waals surface area contributed by atoms with Crippen LogP contribution in [0.3, 0.4) is 0 Å². The second-order valence-electron chi connectivity index (χ2n) is 10.8. The number of furan rings is 1. The van der Waals surface area contributed by atoms with Gasteiger partial charge in [-0.25, -0.2) is 0 Å². The zero-order valence-corrected chi connectivity index (χ0v) is 27.4. The maximum atomic E-state index is 6.33. The fourth-order valence-corrected chi connectivity index (χ4v) is 6.82. The molecule has 0 N–H and O–H groups in total. The van der Waals surface area contributed by atoms with E-state index < -0.39 is 13.3 Å². The van der Waals surface area contributed by atoms with Gasteiger partial charge in [0.2, 0.25) is 0 Å². The average molecular weight is 749 g/mol. The predicted octanol–water partition coefficient (Wildman–Crippen LogP) is 8.66. The fourth-order valence-electron chi connectivity index (χ4n) is 4.42. The first-order valence-electron chi connectivity index (χ1n) is 13.0. The third-order valence-electron chi connectivity index (χ3n) is 6.66. The molecule has 1 radical (unpaired) electrons. The minimum absolute atomic E-state index is 0. The molecule has 39 heavy (non-hydrogen) atoms. The normalized spacial score (nSPS) is 11.2. The first-order chi connectivity index (χ1) is 18.3. The number of hydrogen-bond donors (Lipinski definition) is 0. The number of benzene rings is 3. The van der Waals surface area contributed by atoms with E-state index in [1.54, 1.807) is 6.20 Å². The van der Waals surface area contributed by atoms with Crippen molar-refractivity contribution in [3.05, 3.63) is 115 Å². The minimum atomic E-state index is -1.89. The Morgan fingerprint density at radius 3 is 2.23 bits per heavy atom. The number of nitrogens with zero attached hydrogens (tertiary/aromatic N) is 2. The van der Waals surface area contributed by atoms with Gasteiger partial charge in [-0.05, 0) is 11.8 Å². The monoisotopic (exact) mass is 751 g/mol. The standard InChI is InChI=1S/C23H24GeNO.C11H8N.Ir/c1-15(2)16-11-12-25-21(13-16)20-8-6-7-19-18-10-9-17(24(3,4)5)14-22(18)26-23(19)20;1-2-6-10(7-3-1)11-8-4-5-9-12-11;/h6-7,9-15H,1-5H3;1-6,8-9H;/q2*-1;. The Labute approximate surface area is 247 Å². The molecule has 0 bridgehead atoms. The van der Waals surface area contributed by atoms with Crippen LogP contribution in [0.4, 0.5) is 0 Å². The summed E-state index contributed by atoms with van der Waals surface area (Å²) >= 11 is -1.89. The quantitative estimate of drug-likeness (QED) is 0.134. The molecule has 0 spiro atoms. The van der Waals surface area contributed by atoms with Crippen LogP contribution in [0, 0.1) is 12.1 Å². The van der Waals surface area contributed by atoms with Gasteiger partial charge in [-0.3, -0.25) is 0 Å². The van der Waals surface area contributed by atoms with E-state index in [0.717, 1.165) is 39.1 Å². The maximum Gasteiger partial charge on any atom is 0.0160 e. The van der Waals surface area contributed by atoms with Crippen molar-refractivity contribution in [2.24, 2.45) is 0 Å². The summed E-state index contributed by atoms with van der Waals surface area (Å²) < 4.78 is 7.79. The summed E-state index contributed by atoms with van der Waals surface area (Å²) in [5.41, 5.74) is 7.01. The Morgan fingerprint density at radius 2 is 1.54 bits per heavy atom. The van der Waals surface area contributed by atoms with Gasteiger partial charge in [0.15, 0.2) is 0 Å². The topological polar surface area (TPSA) is 38.9 Å². The minimum Gasteiger partial charge on any atom is -0.305 e. The molecule has 0 saturated carbocycles. The van der Waals surface area contributed by atoms with Gasteiger partial charge in [-0.15, -0.1) is 35.9 Å². The molecule has 6 rings (SSSR count). The van der Waals surface area contributed by atoms with Gasteiger partial charge in [0.25, 0.3) is 0 Å². The molecule has 0 saturated heterocycles. The summed E-state index contributed by atoms with van der Waals surface area (Å²) in [6.07, 6.45) is 3.67. The Hall–Kier alpha value is -3.05. The molecule has 3 heterocycles. The molecule has 0 amide bonds. The molecule has 3 aromatic carbocycles. The van der Waals surface area contributed by atoms with Crippen LogP contribution in [-0.4, -0.2) is 23.2 Å². The number of aromatic nitrogens is 2. The smallest absolute Gasteiger partial charge is 0.0160 e. The van der Waals surface area contributed by atoms with Crippen LogP contribution < -0.4 is 4.40 Å². The van der Waals surface area contributed by atoms with E-state index in [9.17, 15) is 0 Å². The van der Waals surface area contributed by atoms with E-state index >= 15 is 0 Å². The third-order valence-corrected chi connectivity index (χ3v) is 10.9. The van der Waals surface area contributed by atoms with E-state index in [4.69, 9.17) is 4.42 Å². The molecule has 0 unspecified atom stereocenters. The van der Waals surface area contributed by atoms with E-state index in [2.05, 4.69) is 89.6 Å². The van der Waals surface area contributed by atoms with Crippen LogP contribution >= 0.6 is 0 Å². The summed E-state index contributed by atoms with van der Waals surface area (Å²) in [6, 6.07) is 35.2. The van der Waals surface area contributed by atoms with Gasteiger partial charge in [0.05, 0.1) is 0 Å². The summed E-state index contributed by atoms with van der Waals surface area (Å²) in [5.74, 6) is 7.69. The third kappa shape index (κ3) is 6.58. The Morgan fingerprint density at radius 1 is 0.744 bits per heavy atom. The molecule has 0 atom stereocenters. The molecule has 0 aliphatic rings. The zero-order valence-electron chi connectivity index (χ0n) is 23.0. The van der Waals surface area contributed by atoms with Crippen LogP contribution in [0.25, 0.3) is 44.5 Å². The summed E-state index contributed by atoms with van der Waals surface area (Å²) in [5, 5.41) is 2.31. The molecule has 199 valence electrons. The predicted molar refractivity (Wildman–Crippen MR) is 161 cm³/mol. The average Bonchev–Trinajstić information content (AvgIpc) is 3.32. The first kappa shape index (κ1) is 28.9. The van der Waals surface area contributed by atoms with Gasteiger partial charge in [-0.2, -0.15) is 0 Å². The second-order valence-corrected chi connectivity index (χ2v) is 21.4. The number of hydrogen-bond acceptors (Lipinski definition) is 3. The van der Waals surface area contributed by atoms with Gasteiger partial charge in [0, 0.05) is 26.3 Å². The first-order valence-corrected chi connectivity index (χ1v) is 20.4. The largest absolute Gasteiger partial charge is 0.305 e. The molecular formula is C34H32GeIrN2O-2. The molecule has 5 heteroatoms. The van der Waals surface area contributed by atoms with Crippen molar-refractivity contribution in [1.82, 2.24) is 9.97 Å². The molecule has 3 nitrogen and oxygen atoms in total. The number of fused-ring (bicyclic) bond motifs is 3. The molecule has 0 fully saturated rings. The van der Waals surface area contributed by atoms with Gasteiger partial charge < -0.3 is 4.98 Å². The van der Waals surface area contributed by atoms with Crippen molar-refractivity contribution < 1.29 is 24.5 Å². The van der Waals surface area contributed by atoms with E-state index in [-0.39, 0.29) is 20.1 Å². The van der Waals surface area contributed by atoms with Crippen molar-refractivity contribution in [1.29, 1.82) is 0 Å². The van der Waals surface area contributed by atoms with Crippen molar-refractivity contribution in [3.8, 4) is 22.5 Å². The fraction of sp³-hybridized carbons (Fsp3) is 0.176. The SMILES string of the molecule is CC(C)c1ccnc(-c2[c-]ccc3c2oc2c[c]([Ge]([CH3])([CH3])[CH3])ccc23)c1.[Ir].[c-]1ccccc1-c1ccccn1. The van der Waals surface area contributed by atoms with Crippen molar-refractivity contribution in [2.75, 3.05) is 0 Å². The van der Waals surface area contributed by atoms with Gasteiger partial charge in [0.1, 0.15) is 0 Å². The Bertz CT molecular complexity index is 1640. The molecule has 0 aliphatic carbocycles. The molecule has 6 aromatic rings. The van der Waals surface area contributed by atoms with Crippen molar-refractivity contribution in [2.45, 2.75) is 37.0 Å². The molecule has 0 aliphatic heterocycles. The maximum absolute atomic E-state index is 6.33. The van der Waals surface area contributed by atoms with E-state index in [1.165, 1.54) is 15.3 Å². The molecule has 3 aromatic heterocycles. The van der Waals surface area contributed by atoms with Gasteiger partial charge in [-0.1, -0.05) is 12.1 Å². The van der Waals surface area contributed by atoms with Crippen LogP contribution in [0.1, 0.15) is 25.3 Å². The summed E-state index contributed by atoms with van der Waals surface area (Å²) in [7, 11) is 0. The van der Waals surface area contributed by atoms with Crippen LogP contribution in [0.2, 0.25) is 17.3 Å². The number of pyridine rings is 2.